The number of ether oxygens (including phenoxy) is 1. The first-order valence-electron chi connectivity index (χ1n) is 16.0. The number of fused-ring (bicyclic) bond motifs is 5. The van der Waals surface area contributed by atoms with Gasteiger partial charge in [-0.15, -0.1) is 0 Å². The zero-order chi connectivity index (χ0) is 30.9. The molecule has 0 N–H and O–H groups in total. The number of rotatable bonds is 7. The Morgan fingerprint density at radius 3 is 2.91 bits per heavy atom. The molecule has 45 heavy (non-hydrogen) atoms. The molecule has 1 aromatic heterocycles. The van der Waals surface area contributed by atoms with Gasteiger partial charge in [0.2, 0.25) is 12.5 Å². The summed E-state index contributed by atoms with van der Waals surface area (Å²) in [6.07, 6.45) is 4.80. The molecule has 3 aliphatic heterocycles. The zero-order valence-electron chi connectivity index (χ0n) is 25.2. The van der Waals surface area contributed by atoms with Crippen LogP contribution in [0.25, 0.3) is 26.9 Å². The van der Waals surface area contributed by atoms with E-state index < -0.39 is 17.5 Å². The summed E-state index contributed by atoms with van der Waals surface area (Å²) >= 11 is 0. The van der Waals surface area contributed by atoms with Gasteiger partial charge in [-0.25, -0.2) is 15.4 Å². The van der Waals surface area contributed by atoms with E-state index in [0.717, 1.165) is 31.4 Å². The van der Waals surface area contributed by atoms with E-state index in [1.165, 1.54) is 23.6 Å². The topological polar surface area (TPSA) is 66.2 Å². The summed E-state index contributed by atoms with van der Waals surface area (Å²) in [5, 5.41) is 0.550. The molecular weight excluding hydrogens is 574 g/mol. The van der Waals surface area contributed by atoms with Crippen molar-refractivity contribution in [1.82, 2.24) is 19.8 Å². The van der Waals surface area contributed by atoms with E-state index in [4.69, 9.17) is 16.3 Å². The van der Waals surface area contributed by atoms with Crippen molar-refractivity contribution in [1.29, 1.82) is 0 Å². The lowest BCUT2D eigenvalue weighted by Gasteiger charge is -2.39. The quantitative estimate of drug-likeness (QED) is 0.272. The lowest BCUT2D eigenvalue weighted by molar-refractivity contribution is -0.128. The molecule has 3 saturated heterocycles. The molecule has 5 aliphatic rings. The second-order valence-corrected chi connectivity index (χ2v) is 13.4. The minimum Gasteiger partial charge on any atom is -0.461 e. The summed E-state index contributed by atoms with van der Waals surface area (Å²) in [5.74, 6) is 1.14. The Balaban J connectivity index is 1.20. The van der Waals surface area contributed by atoms with Crippen molar-refractivity contribution in [3.63, 3.8) is 0 Å². The second-order valence-electron chi connectivity index (χ2n) is 13.4. The molecule has 4 heterocycles. The monoisotopic (exact) mass is 610 g/mol. The van der Waals surface area contributed by atoms with E-state index in [0.29, 0.717) is 61.2 Å². The normalized spacial score (nSPS) is 28.5. The fourth-order valence-corrected chi connectivity index (χ4v) is 8.55. The van der Waals surface area contributed by atoms with Gasteiger partial charge in [0.05, 0.1) is 5.54 Å². The number of hydrogen-bond acceptors (Lipinski definition) is 6. The molecule has 4 fully saturated rings. The van der Waals surface area contributed by atoms with Crippen LogP contribution in [0.5, 0.6) is 6.01 Å². The Morgan fingerprint density at radius 1 is 1.18 bits per heavy atom. The van der Waals surface area contributed by atoms with Gasteiger partial charge in [0, 0.05) is 43.5 Å². The van der Waals surface area contributed by atoms with Crippen LogP contribution in [0.4, 0.5) is 14.6 Å². The highest BCUT2D eigenvalue weighted by molar-refractivity contribution is 5.94. The maximum absolute atomic E-state index is 16.8. The third-order valence-corrected chi connectivity index (χ3v) is 10.8. The highest BCUT2D eigenvalue weighted by Gasteiger charge is 2.49. The van der Waals surface area contributed by atoms with Crippen molar-refractivity contribution in [2.75, 3.05) is 50.8 Å². The average Bonchev–Trinajstić information content (AvgIpc) is 3.39. The number of anilines is 1. The maximum atomic E-state index is 16.8. The van der Waals surface area contributed by atoms with Crippen LogP contribution >= 0.6 is 0 Å². The molecule has 0 unspecified atom stereocenters. The predicted molar refractivity (Wildman–Crippen MR) is 167 cm³/mol. The third kappa shape index (κ3) is 4.66. The number of hydrogen-bond donors (Lipinski definition) is 0. The summed E-state index contributed by atoms with van der Waals surface area (Å²) in [5.41, 5.74) is 3.77. The van der Waals surface area contributed by atoms with Crippen LogP contribution < -0.4 is 9.64 Å². The molecule has 2 aromatic carbocycles. The molecule has 2 aliphatic carbocycles. The van der Waals surface area contributed by atoms with Crippen molar-refractivity contribution in [2.45, 2.75) is 55.8 Å². The lowest BCUT2D eigenvalue weighted by Crippen LogP contribution is -2.56. The Labute approximate surface area is 261 Å². The Morgan fingerprint density at radius 2 is 2.07 bits per heavy atom. The molecule has 0 spiro atoms. The number of amides is 1. The summed E-state index contributed by atoms with van der Waals surface area (Å²) in [6.45, 7) is 13.9. The van der Waals surface area contributed by atoms with Crippen LogP contribution in [0, 0.1) is 18.3 Å². The summed E-state index contributed by atoms with van der Waals surface area (Å²) in [7, 11) is 0. The number of piperazine rings is 1. The molecule has 0 bridgehead atoms. The van der Waals surface area contributed by atoms with Gasteiger partial charge in [0.1, 0.15) is 30.2 Å². The van der Waals surface area contributed by atoms with Crippen molar-refractivity contribution in [2.24, 2.45) is 5.92 Å². The fraction of sp³-hybridized carbons (Fsp3) is 0.486. The Kier molecular flexibility index (Phi) is 6.79. The van der Waals surface area contributed by atoms with Gasteiger partial charge >= 0.3 is 6.01 Å². The number of carbonyl (C=O) groups is 1. The lowest BCUT2D eigenvalue weighted by atomic mass is 9.93. The van der Waals surface area contributed by atoms with Crippen LogP contribution in [-0.4, -0.2) is 89.3 Å². The standard InChI is InChI=1S/C35H36F2N6O2/c1-3-30(44)43-13-12-41(19-23(43)17-38-2)33-27-9-8-26(24-6-4-7-25-28-14-21(28)15-29(24)25)31(37)32(27)39-34(40-33)45-20-35-10-5-11-42(35)18-22(36)16-35/h3-4,6-9,21-23,28H,1,5,10-20H2/t21-,22-,23+,28-,35+/m1/s1. The van der Waals surface area contributed by atoms with Gasteiger partial charge in [0.25, 0.3) is 0 Å². The first-order valence-corrected chi connectivity index (χ1v) is 16.0. The average molecular weight is 611 g/mol. The van der Waals surface area contributed by atoms with Crippen LogP contribution in [-0.2, 0) is 11.2 Å². The summed E-state index contributed by atoms with van der Waals surface area (Å²) in [6, 6.07) is 9.59. The predicted octanol–water partition coefficient (Wildman–Crippen LogP) is 5.17. The number of alkyl halides is 1. The van der Waals surface area contributed by atoms with Crippen LogP contribution in [0.3, 0.4) is 0 Å². The summed E-state index contributed by atoms with van der Waals surface area (Å²) < 4.78 is 37.5. The fourth-order valence-electron chi connectivity index (χ4n) is 8.55. The van der Waals surface area contributed by atoms with Gasteiger partial charge < -0.3 is 19.4 Å². The van der Waals surface area contributed by atoms with Crippen LogP contribution in [0.15, 0.2) is 43.0 Å². The molecule has 0 radical (unpaired) electrons. The molecule has 10 heteroatoms. The maximum Gasteiger partial charge on any atom is 0.319 e. The first-order chi connectivity index (χ1) is 21.9. The highest BCUT2D eigenvalue weighted by Crippen LogP contribution is 2.58. The van der Waals surface area contributed by atoms with E-state index in [-0.39, 0.29) is 36.6 Å². The number of nitrogens with zero attached hydrogens (tertiary/aromatic N) is 6. The van der Waals surface area contributed by atoms with E-state index in [2.05, 4.69) is 27.4 Å². The van der Waals surface area contributed by atoms with Crippen molar-refractivity contribution < 1.29 is 18.3 Å². The van der Waals surface area contributed by atoms with Gasteiger partial charge in [-0.3, -0.25) is 9.69 Å². The first kappa shape index (κ1) is 28.4. The number of aromatic nitrogens is 2. The van der Waals surface area contributed by atoms with Gasteiger partial charge in [-0.2, -0.15) is 9.97 Å². The van der Waals surface area contributed by atoms with E-state index >= 15 is 4.39 Å². The highest BCUT2D eigenvalue weighted by atomic mass is 19.1. The SMILES string of the molecule is [C-]#[N+]C[C@H]1CN(c2nc(OC[C@@]34CCCN3C[C@H](F)C4)nc3c(F)c(-c4cccc5c4C[C@H]4C[C@@H]54)ccc23)CCN1C(=O)C=C. The minimum atomic E-state index is -0.894. The largest absolute Gasteiger partial charge is 0.461 e. The molecule has 8 nitrogen and oxygen atoms in total. The number of carbonyl (C=O) groups excluding carboxylic acids is 1. The molecular formula is C35H36F2N6O2. The Hall–Kier alpha value is -4.10. The van der Waals surface area contributed by atoms with Crippen LogP contribution in [0.1, 0.15) is 42.7 Å². The third-order valence-electron chi connectivity index (χ3n) is 10.8. The van der Waals surface area contributed by atoms with E-state index in [9.17, 15) is 9.18 Å². The number of benzene rings is 2. The molecule has 8 rings (SSSR count). The van der Waals surface area contributed by atoms with Crippen molar-refractivity contribution in [3.8, 4) is 17.1 Å². The van der Waals surface area contributed by atoms with E-state index in [1.807, 2.05) is 29.2 Å². The molecule has 1 amide bonds. The second kappa shape index (κ2) is 10.8. The molecule has 232 valence electrons. The van der Waals surface area contributed by atoms with Crippen molar-refractivity contribution >= 4 is 22.6 Å². The Bertz CT molecular complexity index is 1760. The minimum absolute atomic E-state index is 0.0583. The van der Waals surface area contributed by atoms with Crippen LogP contribution in [0.2, 0.25) is 0 Å². The van der Waals surface area contributed by atoms with Gasteiger partial charge in [-0.1, -0.05) is 30.8 Å². The van der Waals surface area contributed by atoms with Gasteiger partial charge in [-0.05, 0) is 72.9 Å². The number of halogens is 2. The summed E-state index contributed by atoms with van der Waals surface area (Å²) in [4.78, 5) is 31.5. The van der Waals surface area contributed by atoms with Crippen molar-refractivity contribution in [3.05, 3.63) is 71.3 Å². The zero-order valence-corrected chi connectivity index (χ0v) is 25.2. The smallest absolute Gasteiger partial charge is 0.319 e. The van der Waals surface area contributed by atoms with E-state index in [1.54, 1.807) is 4.90 Å². The van der Waals surface area contributed by atoms with Gasteiger partial charge in [0.15, 0.2) is 5.82 Å². The molecule has 1 saturated carbocycles. The molecule has 3 aromatic rings. The molecule has 5 atom stereocenters.